The molecule has 2 aromatic heterocycles. The van der Waals surface area contributed by atoms with E-state index in [1.807, 2.05) is 67.4 Å². The summed E-state index contributed by atoms with van der Waals surface area (Å²) in [5, 5.41) is 0. The fourth-order valence-corrected chi connectivity index (χ4v) is 10.4. The summed E-state index contributed by atoms with van der Waals surface area (Å²) in [6.45, 7) is 15.3. The summed E-state index contributed by atoms with van der Waals surface area (Å²) in [4.78, 5) is 24.0. The summed E-state index contributed by atoms with van der Waals surface area (Å²) >= 11 is 0. The average molecular weight is 874 g/mol. The lowest BCUT2D eigenvalue weighted by Crippen LogP contribution is -2.58. The monoisotopic (exact) mass is 873 g/mol. The lowest BCUT2D eigenvalue weighted by molar-refractivity contribution is -0.139. The molecule has 5 heterocycles. The number of anilines is 2. The number of aryl methyl sites for hydroxylation is 1. The van der Waals surface area contributed by atoms with E-state index in [2.05, 4.69) is 35.5 Å². The third-order valence-electron chi connectivity index (χ3n) is 14.0. The number of hydrogen-bond donors (Lipinski definition) is 0. The molecule has 14 heteroatoms. The fraction of sp³-hybridized carbons (Fsp3) is 0.571. The Morgan fingerprint density at radius 3 is 2.10 bits per heavy atom. The summed E-state index contributed by atoms with van der Waals surface area (Å²) < 4.78 is 78.2. The molecule has 0 spiro atoms. The predicted octanol–water partition coefficient (Wildman–Crippen LogP) is 9.06. The van der Waals surface area contributed by atoms with Gasteiger partial charge in [0.25, 0.3) is 0 Å². The number of nitrogens with zero attached hydrogens (tertiary/aromatic N) is 7. The van der Waals surface area contributed by atoms with Crippen LogP contribution in [0.3, 0.4) is 0 Å². The summed E-state index contributed by atoms with van der Waals surface area (Å²) in [5.41, 5.74) is 2.66. The third kappa shape index (κ3) is 9.58. The Morgan fingerprint density at radius 1 is 0.873 bits per heavy atom. The van der Waals surface area contributed by atoms with Gasteiger partial charge < -0.3 is 24.0 Å². The minimum atomic E-state index is -4.64. The second-order valence-electron chi connectivity index (χ2n) is 19.5. The molecule has 4 aromatic rings. The third-order valence-corrected chi connectivity index (χ3v) is 14.0. The zero-order valence-electron chi connectivity index (χ0n) is 38.1. The lowest BCUT2D eigenvalue weighted by atomic mass is 9.75. The van der Waals surface area contributed by atoms with Gasteiger partial charge in [-0.25, -0.2) is 9.37 Å². The quantitative estimate of drug-likeness (QED) is 0.115. The molecule has 0 saturated carbocycles. The maximum Gasteiger partial charge on any atom is 0.418 e. The van der Waals surface area contributed by atoms with Gasteiger partial charge in [0.2, 0.25) is 0 Å². The molecule has 0 radical (unpaired) electrons. The summed E-state index contributed by atoms with van der Waals surface area (Å²) in [6, 6.07) is 17.1. The molecule has 4 aliphatic rings. The van der Waals surface area contributed by atoms with E-state index in [9.17, 15) is 4.39 Å². The van der Waals surface area contributed by atoms with Crippen molar-refractivity contribution in [2.24, 2.45) is 11.8 Å². The smallest absolute Gasteiger partial charge is 0.418 e. The van der Waals surface area contributed by atoms with E-state index in [1.54, 1.807) is 20.3 Å². The Morgan fingerprint density at radius 2 is 1.51 bits per heavy atom. The number of alkyl halides is 4. The topological polar surface area (TPSA) is 79.3 Å². The number of benzene rings is 2. The highest BCUT2D eigenvalue weighted by Gasteiger charge is 2.50. The van der Waals surface area contributed by atoms with Crippen molar-refractivity contribution in [1.29, 1.82) is 0 Å². The SMILES string of the molecule is COc1ccc(CN(Cc2ccc(OC)cc2)c2cc(C)c(C(F)(F)F)c([C@H]3Cc4nc(OC[C@@]56CCCN5C[C@H](F)C6)nc(N(C)CC5CN(C(C)(C)C)C5)c4C[C@@H]3C)n2)cc1. The molecule has 8 rings (SSSR count). The van der Waals surface area contributed by atoms with E-state index in [0.29, 0.717) is 61.4 Å². The number of ether oxygens (including phenoxy) is 3. The molecule has 4 atom stereocenters. The Labute approximate surface area is 369 Å². The van der Waals surface area contributed by atoms with Crippen LogP contribution in [0.5, 0.6) is 17.5 Å². The number of likely N-dealkylation sites (tertiary alicyclic amines) is 1. The molecule has 0 unspecified atom stereocenters. The van der Waals surface area contributed by atoms with Gasteiger partial charge in [0.15, 0.2) is 0 Å². The van der Waals surface area contributed by atoms with E-state index in [-0.39, 0.29) is 41.8 Å². The number of fused-ring (bicyclic) bond motifs is 2. The number of aromatic nitrogens is 3. The Kier molecular flexibility index (Phi) is 12.6. The van der Waals surface area contributed by atoms with Crippen molar-refractivity contribution in [3.63, 3.8) is 0 Å². The van der Waals surface area contributed by atoms with Gasteiger partial charge in [0.1, 0.15) is 35.9 Å². The number of methoxy groups -OCH3 is 2. The number of pyridine rings is 1. The molecule has 1 aliphatic carbocycles. The molecule has 340 valence electrons. The zero-order valence-corrected chi connectivity index (χ0v) is 38.1. The average Bonchev–Trinajstić information content (AvgIpc) is 3.75. The first-order valence-corrected chi connectivity index (χ1v) is 22.4. The molecule has 3 fully saturated rings. The summed E-state index contributed by atoms with van der Waals surface area (Å²) in [7, 11) is 5.27. The van der Waals surface area contributed by atoms with Gasteiger partial charge in [-0.2, -0.15) is 23.1 Å². The van der Waals surface area contributed by atoms with Crippen molar-refractivity contribution >= 4 is 11.6 Å². The highest BCUT2D eigenvalue weighted by Crippen LogP contribution is 2.46. The highest BCUT2D eigenvalue weighted by atomic mass is 19.4. The number of halogens is 4. The normalized spacial score (nSPS) is 23.0. The van der Waals surface area contributed by atoms with Crippen LogP contribution < -0.4 is 24.0 Å². The van der Waals surface area contributed by atoms with E-state index >= 15 is 13.2 Å². The molecule has 2 aromatic carbocycles. The van der Waals surface area contributed by atoms with Crippen LogP contribution in [0.1, 0.15) is 92.1 Å². The Hall–Kier alpha value is -4.69. The first kappa shape index (κ1) is 44.9. The molecule has 63 heavy (non-hydrogen) atoms. The van der Waals surface area contributed by atoms with Crippen LogP contribution in [-0.4, -0.2) is 103 Å². The first-order chi connectivity index (χ1) is 29.9. The molecular weight excluding hydrogens is 811 g/mol. The second-order valence-corrected chi connectivity index (χ2v) is 19.5. The fourth-order valence-electron chi connectivity index (χ4n) is 10.4. The van der Waals surface area contributed by atoms with Gasteiger partial charge in [0, 0.05) is 75.7 Å². The predicted molar refractivity (Wildman–Crippen MR) is 238 cm³/mol. The van der Waals surface area contributed by atoms with Gasteiger partial charge in [-0.05, 0) is 113 Å². The van der Waals surface area contributed by atoms with Crippen LogP contribution >= 0.6 is 0 Å². The van der Waals surface area contributed by atoms with E-state index in [1.165, 1.54) is 6.92 Å². The van der Waals surface area contributed by atoms with Gasteiger partial charge in [-0.15, -0.1) is 0 Å². The maximum atomic E-state index is 15.4. The van der Waals surface area contributed by atoms with Crippen LogP contribution in [0.4, 0.5) is 29.2 Å². The largest absolute Gasteiger partial charge is 0.497 e. The maximum absolute atomic E-state index is 15.4. The van der Waals surface area contributed by atoms with Crippen molar-refractivity contribution in [2.45, 2.75) is 109 Å². The molecule has 0 N–H and O–H groups in total. The van der Waals surface area contributed by atoms with Crippen molar-refractivity contribution in [3.05, 3.63) is 93.8 Å². The van der Waals surface area contributed by atoms with Crippen molar-refractivity contribution < 1.29 is 31.8 Å². The number of hydrogen-bond acceptors (Lipinski definition) is 10. The van der Waals surface area contributed by atoms with Gasteiger partial charge in [0.05, 0.1) is 36.7 Å². The molecule has 0 amide bonds. The first-order valence-electron chi connectivity index (χ1n) is 22.4. The Bertz CT molecular complexity index is 2180. The molecule has 0 bridgehead atoms. The van der Waals surface area contributed by atoms with E-state index in [0.717, 1.165) is 61.5 Å². The van der Waals surface area contributed by atoms with Crippen molar-refractivity contribution in [1.82, 2.24) is 24.8 Å². The van der Waals surface area contributed by atoms with Gasteiger partial charge >= 0.3 is 12.2 Å². The van der Waals surface area contributed by atoms with Gasteiger partial charge in [-0.3, -0.25) is 9.80 Å². The second kappa shape index (κ2) is 17.7. The standard InChI is InChI=1S/C49H63F4N7O3/c1-31-20-40-41(54-46(63-30-48-18-9-19-59(48)29-36(50)23-48)56-45(40)57(6)24-35-27-60(28-35)47(3,4)5)22-39(31)44-43(49(51,52)53)32(2)21-42(55-44)58(25-33-10-14-37(61-7)15-11-33)26-34-12-16-38(62-8)17-13-34/h10-17,21,31,35-36,39H,9,18-20,22-30H2,1-8H3/t31-,36+,39-,48-/m0/s1. The minimum absolute atomic E-state index is 0.0262. The van der Waals surface area contributed by atoms with Crippen LogP contribution in [0.15, 0.2) is 54.6 Å². The molecule has 3 saturated heterocycles. The van der Waals surface area contributed by atoms with Gasteiger partial charge in [-0.1, -0.05) is 31.2 Å². The van der Waals surface area contributed by atoms with Crippen LogP contribution in [0.2, 0.25) is 0 Å². The van der Waals surface area contributed by atoms with Crippen LogP contribution in [0.25, 0.3) is 0 Å². The van der Waals surface area contributed by atoms with E-state index < -0.39 is 29.4 Å². The number of rotatable bonds is 14. The summed E-state index contributed by atoms with van der Waals surface area (Å²) in [6.07, 6.45) is -2.61. The zero-order chi connectivity index (χ0) is 44.8. The van der Waals surface area contributed by atoms with Crippen molar-refractivity contribution in [2.75, 3.05) is 70.4 Å². The lowest BCUT2D eigenvalue weighted by Gasteiger charge is -2.48. The minimum Gasteiger partial charge on any atom is -0.497 e. The van der Waals surface area contributed by atoms with Crippen LogP contribution in [0, 0.1) is 18.8 Å². The highest BCUT2D eigenvalue weighted by molar-refractivity contribution is 5.54. The van der Waals surface area contributed by atoms with Crippen LogP contribution in [-0.2, 0) is 32.1 Å². The Balaban J connectivity index is 1.16. The molecular formula is C49H63F4N7O3. The summed E-state index contributed by atoms with van der Waals surface area (Å²) in [5.74, 6) is 2.26. The molecule has 10 nitrogen and oxygen atoms in total. The van der Waals surface area contributed by atoms with Crippen molar-refractivity contribution in [3.8, 4) is 17.5 Å². The molecule has 3 aliphatic heterocycles. The van der Waals surface area contributed by atoms with E-state index in [4.69, 9.17) is 29.2 Å².